The Morgan fingerprint density at radius 1 is 1.48 bits per heavy atom. The van der Waals surface area contributed by atoms with E-state index in [4.69, 9.17) is 9.84 Å². The van der Waals surface area contributed by atoms with Gasteiger partial charge in [0.2, 0.25) is 0 Å². The molecule has 0 saturated carbocycles. The van der Waals surface area contributed by atoms with Crippen LogP contribution in [0.1, 0.15) is 43.9 Å². The monoisotopic (exact) mass is 309 g/mol. The summed E-state index contributed by atoms with van der Waals surface area (Å²) in [5.41, 5.74) is 2.81. The molecule has 0 saturated heterocycles. The molecule has 1 aromatic carbocycles. The quantitative estimate of drug-likeness (QED) is 0.774. The summed E-state index contributed by atoms with van der Waals surface area (Å²) in [4.78, 5) is 0. The van der Waals surface area contributed by atoms with Gasteiger partial charge in [-0.3, -0.25) is 0 Å². The van der Waals surface area contributed by atoms with Crippen LogP contribution in [-0.4, -0.2) is 35.9 Å². The van der Waals surface area contributed by atoms with Gasteiger partial charge >= 0.3 is 0 Å². The average molecular weight is 309 g/mol. The van der Waals surface area contributed by atoms with Gasteiger partial charge < -0.3 is 15.2 Å². The van der Waals surface area contributed by atoms with Crippen molar-refractivity contribution in [1.29, 1.82) is 0 Å². The molecule has 2 N–H and O–H groups in total. The number of aliphatic hydroxyl groups is 1. The Labute approximate surface area is 132 Å². The molecule has 0 radical (unpaired) electrons. The first-order valence-corrected chi connectivity index (χ1v) is 8.80. The largest absolute Gasteiger partial charge is 0.497 e. The van der Waals surface area contributed by atoms with Crippen LogP contribution in [0.2, 0.25) is 0 Å². The van der Waals surface area contributed by atoms with Crippen molar-refractivity contribution < 1.29 is 9.84 Å². The summed E-state index contributed by atoms with van der Waals surface area (Å²) in [5, 5.41) is 13.8. The molecule has 3 nitrogen and oxygen atoms in total. The normalized spacial score (nSPS) is 22.1. The van der Waals surface area contributed by atoms with Crippen molar-refractivity contribution in [2.24, 2.45) is 0 Å². The maximum Gasteiger partial charge on any atom is 0.119 e. The minimum absolute atomic E-state index is 0.273. The lowest BCUT2D eigenvalue weighted by Crippen LogP contribution is -2.29. The Balaban J connectivity index is 2.15. The second-order valence-corrected chi connectivity index (χ2v) is 7.38. The molecule has 1 aliphatic rings. The van der Waals surface area contributed by atoms with E-state index in [0.29, 0.717) is 16.5 Å². The van der Waals surface area contributed by atoms with Gasteiger partial charge in [0.15, 0.2) is 0 Å². The minimum Gasteiger partial charge on any atom is -0.497 e. The summed E-state index contributed by atoms with van der Waals surface area (Å²) < 4.78 is 5.38. The first kappa shape index (κ1) is 16.7. The number of hydrogen-bond donors (Lipinski definition) is 2. The van der Waals surface area contributed by atoms with Crippen LogP contribution < -0.4 is 10.1 Å². The van der Waals surface area contributed by atoms with Gasteiger partial charge in [0.1, 0.15) is 5.75 Å². The van der Waals surface area contributed by atoms with E-state index in [-0.39, 0.29) is 6.61 Å². The van der Waals surface area contributed by atoms with E-state index in [0.717, 1.165) is 31.6 Å². The molecule has 3 unspecified atom stereocenters. The molecule has 0 spiro atoms. The molecule has 0 fully saturated rings. The third kappa shape index (κ3) is 4.15. The number of methoxy groups -OCH3 is 1. The van der Waals surface area contributed by atoms with Gasteiger partial charge in [0.05, 0.1) is 7.11 Å². The lowest BCUT2D eigenvalue weighted by molar-refractivity contribution is 0.288. The van der Waals surface area contributed by atoms with Crippen molar-refractivity contribution in [1.82, 2.24) is 5.32 Å². The predicted molar refractivity (Wildman–Crippen MR) is 90.3 cm³/mol. The highest BCUT2D eigenvalue weighted by Crippen LogP contribution is 2.41. The summed E-state index contributed by atoms with van der Waals surface area (Å²) in [6, 6.07) is 6.83. The minimum atomic E-state index is 0.273. The summed E-state index contributed by atoms with van der Waals surface area (Å²) in [5.74, 6) is 0.936. The Morgan fingerprint density at radius 3 is 2.95 bits per heavy atom. The first-order valence-electron chi connectivity index (χ1n) is 7.86. The number of hydrogen-bond acceptors (Lipinski definition) is 4. The molecule has 0 aromatic heterocycles. The fourth-order valence-corrected chi connectivity index (χ4v) is 4.44. The Bertz CT molecular complexity index is 452. The highest BCUT2D eigenvalue weighted by atomic mass is 32.2. The van der Waals surface area contributed by atoms with Gasteiger partial charge in [-0.05, 0) is 49.1 Å². The van der Waals surface area contributed by atoms with E-state index in [1.165, 1.54) is 11.1 Å². The van der Waals surface area contributed by atoms with Crippen molar-refractivity contribution in [3.8, 4) is 5.75 Å². The van der Waals surface area contributed by atoms with E-state index in [1.807, 2.05) is 11.8 Å². The summed E-state index contributed by atoms with van der Waals surface area (Å²) in [6.45, 7) is 5.72. The van der Waals surface area contributed by atoms with Gasteiger partial charge in [0, 0.05) is 23.1 Å². The molecule has 0 bridgehead atoms. The van der Waals surface area contributed by atoms with Gasteiger partial charge in [-0.15, -0.1) is 0 Å². The van der Waals surface area contributed by atoms with Crippen LogP contribution in [0.25, 0.3) is 0 Å². The third-order valence-electron chi connectivity index (χ3n) is 4.04. The number of ether oxygens (including phenoxy) is 1. The zero-order valence-electron chi connectivity index (χ0n) is 13.3. The van der Waals surface area contributed by atoms with E-state index >= 15 is 0 Å². The molecule has 0 amide bonds. The lowest BCUT2D eigenvalue weighted by atomic mass is 10.1. The smallest absolute Gasteiger partial charge is 0.119 e. The van der Waals surface area contributed by atoms with E-state index in [1.54, 1.807) is 7.11 Å². The third-order valence-corrected chi connectivity index (χ3v) is 5.53. The van der Waals surface area contributed by atoms with Crippen molar-refractivity contribution in [3.63, 3.8) is 0 Å². The van der Waals surface area contributed by atoms with Crippen LogP contribution in [0, 0.1) is 0 Å². The maximum atomic E-state index is 9.11. The maximum absolute atomic E-state index is 9.11. The number of thioether (sulfide) groups is 1. The molecule has 1 aromatic rings. The van der Waals surface area contributed by atoms with Crippen LogP contribution in [0.4, 0.5) is 0 Å². The van der Waals surface area contributed by atoms with Crippen molar-refractivity contribution in [2.75, 3.05) is 20.3 Å². The fraction of sp³-hybridized carbons (Fsp3) is 0.647. The van der Waals surface area contributed by atoms with Gasteiger partial charge in [-0.2, -0.15) is 11.8 Å². The zero-order chi connectivity index (χ0) is 15.2. The Morgan fingerprint density at radius 2 is 2.29 bits per heavy atom. The molecule has 3 atom stereocenters. The number of aliphatic hydroxyl groups excluding tert-OH is 1. The molecular formula is C17H27NO2S. The van der Waals surface area contributed by atoms with Gasteiger partial charge in [-0.25, -0.2) is 0 Å². The second-order valence-electron chi connectivity index (χ2n) is 5.70. The van der Waals surface area contributed by atoms with Crippen LogP contribution >= 0.6 is 11.8 Å². The van der Waals surface area contributed by atoms with Crippen molar-refractivity contribution in [3.05, 3.63) is 29.3 Å². The topological polar surface area (TPSA) is 41.5 Å². The van der Waals surface area contributed by atoms with E-state index in [9.17, 15) is 0 Å². The summed E-state index contributed by atoms with van der Waals surface area (Å²) >= 11 is 2.00. The number of benzene rings is 1. The molecule has 0 aliphatic heterocycles. The standard InChI is InChI=1S/C17H27NO2S/c1-4-8-18-17-15-11-14(20-3)6-5-13(15)10-16(17)21-12(2)7-9-19/h5-6,11-12,16-19H,4,7-10H2,1-3H3. The Hall–Kier alpha value is -0.710. The first-order chi connectivity index (χ1) is 10.2. The summed E-state index contributed by atoms with van der Waals surface area (Å²) in [6.07, 6.45) is 3.10. The number of nitrogens with one attached hydrogen (secondary N) is 1. The van der Waals surface area contributed by atoms with Crippen LogP contribution in [0.5, 0.6) is 5.75 Å². The molecule has 1 aliphatic carbocycles. The SMILES string of the molecule is CCCNC1c2cc(OC)ccc2CC1SC(C)CCO. The Kier molecular flexibility index (Phi) is 6.40. The molecule has 2 rings (SSSR count). The fourth-order valence-electron chi connectivity index (χ4n) is 2.93. The average Bonchev–Trinajstić information content (AvgIpc) is 2.81. The zero-order valence-corrected chi connectivity index (χ0v) is 14.1. The highest BCUT2D eigenvalue weighted by molar-refractivity contribution is 8.00. The van der Waals surface area contributed by atoms with Crippen LogP contribution in [0.3, 0.4) is 0 Å². The number of rotatable bonds is 8. The van der Waals surface area contributed by atoms with Crippen molar-refractivity contribution in [2.45, 2.75) is 49.7 Å². The van der Waals surface area contributed by atoms with Gasteiger partial charge in [-0.1, -0.05) is 19.9 Å². The van der Waals surface area contributed by atoms with Crippen molar-refractivity contribution >= 4 is 11.8 Å². The summed E-state index contributed by atoms with van der Waals surface area (Å²) in [7, 11) is 1.72. The van der Waals surface area contributed by atoms with E-state index < -0.39 is 0 Å². The second kappa shape index (κ2) is 8.06. The molecule has 0 heterocycles. The van der Waals surface area contributed by atoms with E-state index in [2.05, 4.69) is 37.4 Å². The molecule has 21 heavy (non-hydrogen) atoms. The number of fused-ring (bicyclic) bond motifs is 1. The highest BCUT2D eigenvalue weighted by Gasteiger charge is 2.33. The molecule has 4 heteroatoms. The van der Waals surface area contributed by atoms with Crippen LogP contribution in [-0.2, 0) is 6.42 Å². The molecular weight excluding hydrogens is 282 g/mol. The molecule has 118 valence electrons. The lowest BCUT2D eigenvalue weighted by Gasteiger charge is -2.24. The van der Waals surface area contributed by atoms with Crippen LogP contribution in [0.15, 0.2) is 18.2 Å². The predicted octanol–water partition coefficient (Wildman–Crippen LogP) is 3.16. The van der Waals surface area contributed by atoms with Gasteiger partial charge in [0.25, 0.3) is 0 Å².